The molecular formula is C46H43N5O. The maximum absolute atomic E-state index is 8.94. The summed E-state index contributed by atoms with van der Waals surface area (Å²) in [5.41, 5.74) is 5.79. The van der Waals surface area contributed by atoms with Crippen molar-refractivity contribution in [2.24, 2.45) is 11.3 Å². The first-order chi connectivity index (χ1) is 26.7. The first-order valence-electron chi connectivity index (χ1n) is 19.6. The van der Waals surface area contributed by atoms with E-state index in [1.165, 1.54) is 0 Å². The normalized spacial score (nSPS) is 13.6. The number of hydrogen-bond donors (Lipinski definition) is 0. The van der Waals surface area contributed by atoms with Gasteiger partial charge < -0.3 is 4.74 Å². The van der Waals surface area contributed by atoms with Gasteiger partial charge >= 0.3 is 0 Å². The Bertz CT molecular complexity index is 2710. The Morgan fingerprint density at radius 1 is 0.788 bits per heavy atom. The molecule has 0 aliphatic heterocycles. The van der Waals surface area contributed by atoms with Crippen molar-refractivity contribution in [2.75, 3.05) is 0 Å². The average molecular weight is 686 g/mol. The van der Waals surface area contributed by atoms with E-state index in [1.54, 1.807) is 24.7 Å². The second kappa shape index (κ2) is 13.6. The molecule has 0 unspecified atom stereocenters. The molecule has 0 aliphatic carbocycles. The van der Waals surface area contributed by atoms with E-state index < -0.39 is 18.2 Å². The average Bonchev–Trinajstić information content (AvgIpc) is 3.78. The van der Waals surface area contributed by atoms with Crippen LogP contribution in [0.5, 0.6) is 11.5 Å². The van der Waals surface area contributed by atoms with Crippen molar-refractivity contribution < 1.29 is 14.8 Å². The largest absolute Gasteiger partial charge is 0.456 e. The second-order valence-corrected chi connectivity index (χ2v) is 14.3. The lowest BCUT2D eigenvalue weighted by atomic mass is 9.88. The van der Waals surface area contributed by atoms with Crippen molar-refractivity contribution in [3.05, 3.63) is 158 Å². The fourth-order valence-corrected chi connectivity index (χ4v) is 6.62. The van der Waals surface area contributed by atoms with Gasteiger partial charge in [-0.1, -0.05) is 101 Å². The number of rotatable bonds is 9. The number of aromatic nitrogens is 5. The Labute approximate surface area is 311 Å². The van der Waals surface area contributed by atoms with Crippen LogP contribution in [0.25, 0.3) is 50.3 Å². The van der Waals surface area contributed by atoms with Gasteiger partial charge in [-0.15, -0.1) is 0 Å². The molecular weight excluding hydrogens is 639 g/mol. The molecule has 4 aromatic carbocycles. The number of imidazole rings is 1. The minimum Gasteiger partial charge on any atom is -0.456 e. The quantitative estimate of drug-likeness (QED) is 0.112. The number of benzene rings is 4. The van der Waals surface area contributed by atoms with Crippen molar-refractivity contribution in [3.63, 3.8) is 0 Å². The van der Waals surface area contributed by atoms with Gasteiger partial charge in [-0.3, -0.25) is 18.7 Å². The summed E-state index contributed by atoms with van der Waals surface area (Å²) in [5, 5.41) is 2.08. The zero-order chi connectivity index (χ0) is 39.4. The molecule has 0 N–H and O–H groups in total. The van der Waals surface area contributed by atoms with Crippen LogP contribution in [-0.4, -0.2) is 19.1 Å². The maximum atomic E-state index is 8.94. The van der Waals surface area contributed by atoms with Crippen LogP contribution in [-0.2, 0) is 12.7 Å². The Morgan fingerprint density at radius 2 is 1.60 bits per heavy atom. The molecule has 8 aromatic rings. The zero-order valence-electron chi connectivity index (χ0n) is 34.0. The molecule has 0 atom stereocenters. The van der Waals surface area contributed by atoms with Gasteiger partial charge in [0.1, 0.15) is 17.3 Å². The third-order valence-electron chi connectivity index (χ3n) is 8.68. The van der Waals surface area contributed by atoms with Crippen LogP contribution < -0.4 is 9.30 Å². The van der Waals surface area contributed by atoms with Crippen LogP contribution in [0.2, 0.25) is 0 Å². The van der Waals surface area contributed by atoms with Crippen LogP contribution >= 0.6 is 0 Å². The Balaban J connectivity index is 1.18. The molecule has 6 heteroatoms. The summed E-state index contributed by atoms with van der Waals surface area (Å²) in [6.07, 6.45) is 7.50. The summed E-state index contributed by atoms with van der Waals surface area (Å²) in [7, 11) is 0. The van der Waals surface area contributed by atoms with Crippen molar-refractivity contribution in [2.45, 2.75) is 47.4 Å². The predicted molar refractivity (Wildman–Crippen MR) is 210 cm³/mol. The highest BCUT2D eigenvalue weighted by Crippen LogP contribution is 2.35. The van der Waals surface area contributed by atoms with E-state index >= 15 is 0 Å². The van der Waals surface area contributed by atoms with E-state index in [9.17, 15) is 0 Å². The topological polar surface area (TPSA) is 48.8 Å². The fraction of sp³-hybridized carbons (Fsp3) is 0.196. The van der Waals surface area contributed by atoms with E-state index in [4.69, 9.17) is 15.2 Å². The molecule has 52 heavy (non-hydrogen) atoms. The molecule has 0 spiro atoms. The van der Waals surface area contributed by atoms with Crippen LogP contribution in [0.1, 0.15) is 51.2 Å². The lowest BCUT2D eigenvalue weighted by Crippen LogP contribution is -2.31. The predicted octanol–water partition coefficient (Wildman–Crippen LogP) is 10.7. The van der Waals surface area contributed by atoms with E-state index in [0.29, 0.717) is 28.4 Å². The SMILES string of the molecule is [2H]C([2H])(c1cccc(-[n+]2[c-]n(-c3cncc(Oc4ccc5c6ccccc6n(-c6cc(C([2H])([2H])C(C)(C)C)ccn6)c5c4)c3)cc2-c2ccccc2)c1)C(C)C. The molecule has 6 nitrogen and oxygen atoms in total. The monoisotopic (exact) mass is 685 g/mol. The van der Waals surface area contributed by atoms with Gasteiger partial charge in [0.2, 0.25) is 0 Å². The van der Waals surface area contributed by atoms with Gasteiger partial charge in [0.15, 0.2) is 0 Å². The highest BCUT2D eigenvalue weighted by molar-refractivity contribution is 6.09. The van der Waals surface area contributed by atoms with Crippen molar-refractivity contribution in [1.29, 1.82) is 0 Å². The van der Waals surface area contributed by atoms with Gasteiger partial charge in [0.25, 0.3) is 6.33 Å². The smallest absolute Gasteiger partial charge is 0.269 e. The first kappa shape index (κ1) is 28.7. The molecule has 8 rings (SSSR count). The Morgan fingerprint density at radius 3 is 2.42 bits per heavy atom. The molecule has 4 aromatic heterocycles. The summed E-state index contributed by atoms with van der Waals surface area (Å²) in [5.74, 6) is 1.57. The third-order valence-corrected chi connectivity index (χ3v) is 8.68. The minimum atomic E-state index is -1.58. The van der Waals surface area contributed by atoms with Gasteiger partial charge in [0.05, 0.1) is 34.3 Å². The van der Waals surface area contributed by atoms with E-state index in [0.717, 1.165) is 44.4 Å². The third kappa shape index (κ3) is 6.84. The molecule has 0 aliphatic rings. The van der Waals surface area contributed by atoms with Gasteiger partial charge in [-0.05, 0) is 83.7 Å². The molecule has 0 saturated heterocycles. The molecule has 0 bridgehead atoms. The maximum Gasteiger partial charge on any atom is 0.269 e. The molecule has 0 saturated carbocycles. The number of ether oxygens (including phenoxy) is 1. The Hall–Kier alpha value is -6.01. The second-order valence-electron chi connectivity index (χ2n) is 14.3. The summed E-state index contributed by atoms with van der Waals surface area (Å²) in [4.78, 5) is 9.28. The van der Waals surface area contributed by atoms with Crippen LogP contribution in [0.4, 0.5) is 0 Å². The van der Waals surface area contributed by atoms with Crippen LogP contribution in [0, 0.1) is 17.7 Å². The summed E-state index contributed by atoms with van der Waals surface area (Å²) < 4.78 is 47.7. The number of pyridine rings is 2. The highest BCUT2D eigenvalue weighted by atomic mass is 16.5. The van der Waals surface area contributed by atoms with Crippen LogP contribution in [0.3, 0.4) is 0 Å². The standard InChI is InChI=1S/C46H43N5O/c1-32(2)22-33-12-11-15-36(23-33)50-31-49(30-44(50)35-13-7-6-8-14-35)37-25-39(29-47-28-37)52-38-18-19-41-40-16-9-10-17-42(40)51(43(41)26-38)45-24-34(20-21-48-45)27-46(3,4)5/h6-21,23-26,28-30,32H,22,27H2,1-5H3/i22D2,27D2. The minimum absolute atomic E-state index is 0.197. The van der Waals surface area contributed by atoms with Gasteiger partial charge in [-0.25, -0.2) is 4.98 Å². The highest BCUT2D eigenvalue weighted by Gasteiger charge is 2.18. The lowest BCUT2D eigenvalue weighted by Gasteiger charge is -2.18. The molecule has 0 radical (unpaired) electrons. The lowest BCUT2D eigenvalue weighted by molar-refractivity contribution is -0.588. The van der Waals surface area contributed by atoms with E-state index in [-0.39, 0.29) is 5.92 Å². The van der Waals surface area contributed by atoms with Crippen LogP contribution in [0.15, 0.2) is 140 Å². The molecule has 4 heterocycles. The molecule has 0 fully saturated rings. The van der Waals surface area contributed by atoms with E-state index in [2.05, 4.69) is 28.0 Å². The number of hydrogen-bond acceptors (Lipinski definition) is 3. The van der Waals surface area contributed by atoms with Crippen molar-refractivity contribution in [3.8, 4) is 39.9 Å². The number of fused-ring (bicyclic) bond motifs is 3. The van der Waals surface area contributed by atoms with E-state index in [1.807, 2.05) is 147 Å². The molecule has 258 valence electrons. The van der Waals surface area contributed by atoms with Crippen molar-refractivity contribution >= 4 is 21.8 Å². The zero-order valence-corrected chi connectivity index (χ0v) is 30.0. The molecule has 0 amide bonds. The van der Waals surface area contributed by atoms with Gasteiger partial charge in [0, 0.05) is 40.9 Å². The Kier molecular flexibility index (Phi) is 7.50. The van der Waals surface area contributed by atoms with Gasteiger partial charge in [-0.2, -0.15) is 0 Å². The summed E-state index contributed by atoms with van der Waals surface area (Å²) in [6.45, 7) is 9.51. The summed E-state index contributed by atoms with van der Waals surface area (Å²) in [6, 6.07) is 37.3. The number of nitrogens with zero attached hydrogens (tertiary/aromatic N) is 5. The fourth-order valence-electron chi connectivity index (χ4n) is 6.62. The number of para-hydroxylation sites is 1. The van der Waals surface area contributed by atoms with Crippen molar-refractivity contribution in [1.82, 2.24) is 19.1 Å². The summed E-state index contributed by atoms with van der Waals surface area (Å²) >= 11 is 0. The first-order valence-corrected chi connectivity index (χ1v) is 17.6.